The van der Waals surface area contributed by atoms with Crippen molar-refractivity contribution in [3.63, 3.8) is 0 Å². The molecule has 1 aromatic carbocycles. The largest absolute Gasteiger partial charge is 0.493 e. The lowest BCUT2D eigenvalue weighted by Crippen LogP contribution is -2.26. The monoisotopic (exact) mass is 353 g/mol. The van der Waals surface area contributed by atoms with Gasteiger partial charge in [-0.05, 0) is 36.1 Å². The van der Waals surface area contributed by atoms with Crippen LogP contribution in [0.5, 0.6) is 0 Å². The lowest BCUT2D eigenvalue weighted by molar-refractivity contribution is -0.117. The van der Waals surface area contributed by atoms with E-state index in [1.54, 1.807) is 12.0 Å². The second-order valence-corrected chi connectivity index (χ2v) is 6.54. The molecule has 1 unspecified atom stereocenters. The van der Waals surface area contributed by atoms with E-state index in [4.69, 9.17) is 20.5 Å². The van der Waals surface area contributed by atoms with Crippen LogP contribution in [-0.4, -0.2) is 26.2 Å². The van der Waals surface area contributed by atoms with E-state index >= 15 is 0 Å². The third kappa shape index (κ3) is 3.83. The van der Waals surface area contributed by atoms with E-state index in [0.717, 1.165) is 11.4 Å². The molecule has 136 valence electrons. The van der Waals surface area contributed by atoms with E-state index < -0.39 is 0 Å². The molecular formula is C20H23N3O3. The molecule has 1 aliphatic carbocycles. The predicted octanol–water partition coefficient (Wildman–Crippen LogP) is 2.99. The maximum Gasteiger partial charge on any atom is 0.227 e. The molecule has 2 atom stereocenters. The molecule has 0 spiro atoms. The molecule has 2 N–H and O–H groups in total. The van der Waals surface area contributed by atoms with Crippen LogP contribution in [0.2, 0.25) is 0 Å². The highest BCUT2D eigenvalue weighted by molar-refractivity contribution is 5.96. The molecule has 6 heteroatoms. The third-order valence-corrected chi connectivity index (χ3v) is 4.84. The number of ether oxygens (including phenoxy) is 2. The number of nitrogens with two attached hydrogens (primary N) is 1. The molecule has 1 amide bonds. The second kappa shape index (κ2) is 7.96. The molecule has 0 bridgehead atoms. The van der Waals surface area contributed by atoms with E-state index in [2.05, 4.69) is 12.1 Å². The highest BCUT2D eigenvalue weighted by atomic mass is 16.5. The van der Waals surface area contributed by atoms with Crippen molar-refractivity contribution in [1.29, 1.82) is 5.26 Å². The van der Waals surface area contributed by atoms with Crippen molar-refractivity contribution in [2.24, 2.45) is 11.8 Å². The van der Waals surface area contributed by atoms with Gasteiger partial charge < -0.3 is 20.1 Å². The van der Waals surface area contributed by atoms with Crippen LogP contribution in [0.1, 0.15) is 19.3 Å². The Hall–Kier alpha value is -2.94. The summed E-state index contributed by atoms with van der Waals surface area (Å²) in [4.78, 5) is 14.3. The number of methoxy groups -OCH3 is 1. The fraction of sp³-hybridized carbons (Fsp3) is 0.400. The smallest absolute Gasteiger partial charge is 0.227 e. The molecule has 6 nitrogen and oxygen atoms in total. The molecule has 2 aliphatic rings. The second-order valence-electron chi connectivity index (χ2n) is 6.54. The van der Waals surface area contributed by atoms with Gasteiger partial charge in [0, 0.05) is 30.8 Å². The van der Waals surface area contributed by atoms with Gasteiger partial charge in [-0.25, -0.2) is 0 Å². The van der Waals surface area contributed by atoms with Crippen molar-refractivity contribution in [1.82, 2.24) is 0 Å². The number of nitrogens with zero attached hydrogens (tertiary/aromatic N) is 2. The van der Waals surface area contributed by atoms with Gasteiger partial charge in [-0.15, -0.1) is 0 Å². The van der Waals surface area contributed by atoms with Crippen molar-refractivity contribution in [2.75, 3.05) is 30.9 Å². The van der Waals surface area contributed by atoms with Crippen molar-refractivity contribution in [3.05, 3.63) is 47.9 Å². The van der Waals surface area contributed by atoms with Gasteiger partial charge in [-0.3, -0.25) is 4.79 Å². The Labute approximate surface area is 153 Å². The predicted molar refractivity (Wildman–Crippen MR) is 98.8 cm³/mol. The maximum absolute atomic E-state index is 12.5. The molecule has 3 rings (SSSR count). The molecule has 0 radical (unpaired) electrons. The van der Waals surface area contributed by atoms with E-state index in [-0.39, 0.29) is 17.7 Å². The maximum atomic E-state index is 12.5. The summed E-state index contributed by atoms with van der Waals surface area (Å²) < 4.78 is 11.1. The molecule has 1 aliphatic heterocycles. The van der Waals surface area contributed by atoms with Gasteiger partial charge in [0.1, 0.15) is 12.4 Å². The average Bonchev–Trinajstić information content (AvgIpc) is 3.03. The summed E-state index contributed by atoms with van der Waals surface area (Å²) in [7, 11) is 1.61. The van der Waals surface area contributed by atoms with Crippen LogP contribution in [0.25, 0.3) is 0 Å². The summed E-state index contributed by atoms with van der Waals surface area (Å²) in [5.74, 6) is 1.96. The quantitative estimate of drug-likeness (QED) is 0.627. The summed E-state index contributed by atoms with van der Waals surface area (Å²) in [5, 5.41) is 8.69. The van der Waals surface area contributed by atoms with Gasteiger partial charge in [-0.1, -0.05) is 12.1 Å². The van der Waals surface area contributed by atoms with E-state index in [1.165, 1.54) is 0 Å². The van der Waals surface area contributed by atoms with E-state index in [0.29, 0.717) is 43.9 Å². The Bertz CT molecular complexity index is 779. The van der Waals surface area contributed by atoms with Crippen LogP contribution in [0.4, 0.5) is 11.4 Å². The van der Waals surface area contributed by atoms with Crippen molar-refractivity contribution >= 4 is 17.3 Å². The van der Waals surface area contributed by atoms with Crippen molar-refractivity contribution < 1.29 is 14.3 Å². The summed E-state index contributed by atoms with van der Waals surface area (Å²) in [6.45, 7) is 1.00. The van der Waals surface area contributed by atoms with Crippen molar-refractivity contribution in [2.45, 2.75) is 19.3 Å². The highest BCUT2D eigenvalue weighted by Crippen LogP contribution is 2.37. The van der Waals surface area contributed by atoms with Gasteiger partial charge in [0.15, 0.2) is 5.76 Å². The Morgan fingerprint density at radius 1 is 1.38 bits per heavy atom. The lowest BCUT2D eigenvalue weighted by atomic mass is 9.85. The number of nitriles is 1. The van der Waals surface area contributed by atoms with Gasteiger partial charge in [0.25, 0.3) is 0 Å². The molecular weight excluding hydrogens is 330 g/mol. The number of carbonyl (C=O) groups is 1. The van der Waals surface area contributed by atoms with Crippen LogP contribution >= 0.6 is 0 Å². The summed E-state index contributed by atoms with van der Waals surface area (Å²) in [6, 6.07) is 9.49. The van der Waals surface area contributed by atoms with Crippen LogP contribution in [0.15, 0.2) is 47.9 Å². The number of benzene rings is 1. The normalized spacial score (nSPS) is 22.5. The minimum atomic E-state index is 0.113. The SMILES string of the molecule is COC1=C(OCCC#N)CC([C@H]2CC(=O)N(c3cccc(N)c3)C2)C=C1. The Morgan fingerprint density at radius 2 is 2.23 bits per heavy atom. The minimum absolute atomic E-state index is 0.113. The zero-order chi connectivity index (χ0) is 18.5. The number of amides is 1. The fourth-order valence-corrected chi connectivity index (χ4v) is 3.51. The third-order valence-electron chi connectivity index (χ3n) is 4.84. The number of nitrogen functional groups attached to an aromatic ring is 1. The summed E-state index contributed by atoms with van der Waals surface area (Å²) in [5.41, 5.74) is 7.34. The molecule has 0 saturated carbocycles. The standard InChI is InChI=1S/C20H23N3O3/c1-25-18-7-6-14(10-19(18)26-9-3-8-21)15-11-20(24)23(13-15)17-5-2-4-16(22)12-17/h2,4-7,12,14-15H,3,9-11,13,22H2,1H3/t14?,15-/m0/s1. The Morgan fingerprint density at radius 3 is 2.96 bits per heavy atom. The van der Waals surface area contributed by atoms with Gasteiger partial charge in [-0.2, -0.15) is 5.26 Å². The zero-order valence-corrected chi connectivity index (χ0v) is 14.9. The zero-order valence-electron chi connectivity index (χ0n) is 14.9. The highest BCUT2D eigenvalue weighted by Gasteiger charge is 2.36. The van der Waals surface area contributed by atoms with Gasteiger partial charge in [0.2, 0.25) is 5.91 Å². The van der Waals surface area contributed by atoms with Crippen LogP contribution in [-0.2, 0) is 14.3 Å². The first-order chi connectivity index (χ1) is 12.6. The summed E-state index contributed by atoms with van der Waals surface area (Å²) in [6.07, 6.45) is 5.51. The lowest BCUT2D eigenvalue weighted by Gasteiger charge is -2.26. The van der Waals surface area contributed by atoms with Gasteiger partial charge >= 0.3 is 0 Å². The molecule has 1 fully saturated rings. The number of anilines is 2. The van der Waals surface area contributed by atoms with Crippen LogP contribution in [0, 0.1) is 23.2 Å². The molecule has 1 heterocycles. The average molecular weight is 353 g/mol. The van der Waals surface area contributed by atoms with Crippen molar-refractivity contribution in [3.8, 4) is 6.07 Å². The summed E-state index contributed by atoms with van der Waals surface area (Å²) >= 11 is 0. The number of rotatable bonds is 6. The number of allylic oxidation sites excluding steroid dienone is 3. The Balaban J connectivity index is 1.69. The van der Waals surface area contributed by atoms with Gasteiger partial charge in [0.05, 0.1) is 19.6 Å². The molecule has 0 aromatic heterocycles. The fourth-order valence-electron chi connectivity index (χ4n) is 3.51. The molecule has 1 saturated heterocycles. The first-order valence-corrected chi connectivity index (χ1v) is 8.73. The number of hydrogen-bond acceptors (Lipinski definition) is 5. The van der Waals surface area contributed by atoms with Crippen LogP contribution < -0.4 is 10.6 Å². The number of hydrogen-bond donors (Lipinski definition) is 1. The van der Waals surface area contributed by atoms with E-state index in [1.807, 2.05) is 30.3 Å². The molecule has 26 heavy (non-hydrogen) atoms. The first-order valence-electron chi connectivity index (χ1n) is 8.73. The Kier molecular flexibility index (Phi) is 5.47. The number of carbonyl (C=O) groups excluding carboxylic acids is 1. The minimum Gasteiger partial charge on any atom is -0.493 e. The van der Waals surface area contributed by atoms with E-state index in [9.17, 15) is 4.79 Å². The van der Waals surface area contributed by atoms with Crippen LogP contribution in [0.3, 0.4) is 0 Å². The molecule has 1 aromatic rings. The topological polar surface area (TPSA) is 88.6 Å². The first kappa shape index (κ1) is 17.9.